The van der Waals surface area contributed by atoms with E-state index in [0.717, 1.165) is 25.9 Å². The molecular weight excluding hydrogens is 256 g/mol. The number of phenolic OH excluding ortho intramolecular Hbond substituents is 2. The number of nitrogens with one attached hydrogen (secondary N) is 1. The fourth-order valence-electron chi connectivity index (χ4n) is 2.52. The highest BCUT2D eigenvalue weighted by molar-refractivity contribution is 5.76. The van der Waals surface area contributed by atoms with E-state index in [0.29, 0.717) is 18.5 Å². The number of aromatic hydroxyl groups is 2. The first-order valence-corrected chi connectivity index (χ1v) is 7.11. The molecule has 0 spiro atoms. The molecule has 5 heteroatoms. The number of likely N-dealkylation sites (tertiary alicyclic amines) is 1. The molecule has 1 saturated heterocycles. The van der Waals surface area contributed by atoms with Gasteiger partial charge < -0.3 is 20.4 Å². The van der Waals surface area contributed by atoms with Crippen molar-refractivity contribution in [2.75, 3.05) is 19.6 Å². The van der Waals surface area contributed by atoms with Gasteiger partial charge in [0.25, 0.3) is 0 Å². The van der Waals surface area contributed by atoms with Crippen molar-refractivity contribution in [2.45, 2.75) is 32.2 Å². The summed E-state index contributed by atoms with van der Waals surface area (Å²) in [6, 6.07) is 4.34. The fourth-order valence-corrected chi connectivity index (χ4v) is 2.52. The molecular formula is C15H22N2O3. The first kappa shape index (κ1) is 14.7. The largest absolute Gasteiger partial charge is 0.508 e. The second-order valence-electron chi connectivity index (χ2n) is 5.26. The van der Waals surface area contributed by atoms with E-state index in [1.165, 1.54) is 18.2 Å². The Morgan fingerprint density at radius 3 is 2.75 bits per heavy atom. The minimum absolute atomic E-state index is 0.117. The molecule has 1 atom stereocenters. The van der Waals surface area contributed by atoms with E-state index in [4.69, 9.17) is 0 Å². The number of amides is 1. The van der Waals surface area contributed by atoms with Gasteiger partial charge in [-0.15, -0.1) is 0 Å². The van der Waals surface area contributed by atoms with Gasteiger partial charge >= 0.3 is 0 Å². The van der Waals surface area contributed by atoms with Crippen molar-refractivity contribution in [2.24, 2.45) is 0 Å². The number of hydrogen-bond donors (Lipinski definition) is 3. The van der Waals surface area contributed by atoms with Gasteiger partial charge in [-0.25, -0.2) is 0 Å². The zero-order valence-corrected chi connectivity index (χ0v) is 11.8. The maximum atomic E-state index is 11.9. The van der Waals surface area contributed by atoms with E-state index in [9.17, 15) is 15.0 Å². The lowest BCUT2D eigenvalue weighted by Gasteiger charge is -2.18. The van der Waals surface area contributed by atoms with Crippen molar-refractivity contribution >= 4 is 5.91 Å². The predicted octanol–water partition coefficient (Wildman–Crippen LogP) is 1.76. The maximum absolute atomic E-state index is 11.9. The van der Waals surface area contributed by atoms with Crippen LogP contribution in [-0.2, 0) is 4.79 Å². The van der Waals surface area contributed by atoms with Crippen LogP contribution < -0.4 is 5.32 Å². The monoisotopic (exact) mass is 278 g/mol. The molecule has 1 aliphatic heterocycles. The Labute approximate surface area is 119 Å². The van der Waals surface area contributed by atoms with Gasteiger partial charge in [0.2, 0.25) is 5.91 Å². The summed E-state index contributed by atoms with van der Waals surface area (Å²) in [6.07, 6.45) is 2.67. The SMILES string of the molecule is CC(NCCC(=O)N1CCCC1)c1cc(O)ccc1O. The summed E-state index contributed by atoms with van der Waals surface area (Å²) in [4.78, 5) is 13.8. The standard InChI is InChI=1S/C15H22N2O3/c1-11(13-10-12(18)4-5-14(13)19)16-7-6-15(20)17-8-2-3-9-17/h4-5,10-11,16,18-19H,2-3,6-9H2,1H3. The summed E-state index contributed by atoms with van der Waals surface area (Å²) in [5, 5.41) is 22.4. The minimum Gasteiger partial charge on any atom is -0.508 e. The number of hydrogen-bond acceptors (Lipinski definition) is 4. The predicted molar refractivity (Wildman–Crippen MR) is 76.6 cm³/mol. The summed E-state index contributed by atoms with van der Waals surface area (Å²) in [5.41, 5.74) is 0.638. The minimum atomic E-state index is -0.117. The molecule has 1 heterocycles. The topological polar surface area (TPSA) is 72.8 Å². The van der Waals surface area contributed by atoms with Crippen molar-refractivity contribution in [1.29, 1.82) is 0 Å². The molecule has 1 amide bonds. The van der Waals surface area contributed by atoms with Crippen LogP contribution in [0, 0.1) is 0 Å². The molecule has 0 saturated carbocycles. The Bertz CT molecular complexity index is 470. The van der Waals surface area contributed by atoms with E-state index in [1.54, 1.807) is 0 Å². The first-order valence-electron chi connectivity index (χ1n) is 7.11. The Morgan fingerprint density at radius 1 is 1.35 bits per heavy atom. The molecule has 20 heavy (non-hydrogen) atoms. The summed E-state index contributed by atoms with van der Waals surface area (Å²) in [5.74, 6) is 0.454. The van der Waals surface area contributed by atoms with Crippen molar-refractivity contribution in [3.63, 3.8) is 0 Å². The molecule has 110 valence electrons. The van der Waals surface area contributed by atoms with Crippen LogP contribution in [0.2, 0.25) is 0 Å². The van der Waals surface area contributed by atoms with Gasteiger partial charge in [-0.1, -0.05) is 0 Å². The van der Waals surface area contributed by atoms with Gasteiger partial charge in [-0.05, 0) is 38.0 Å². The number of rotatable bonds is 5. The molecule has 5 nitrogen and oxygen atoms in total. The molecule has 1 fully saturated rings. The Hall–Kier alpha value is -1.75. The highest BCUT2D eigenvalue weighted by Gasteiger charge is 2.18. The quantitative estimate of drug-likeness (QED) is 0.718. The smallest absolute Gasteiger partial charge is 0.223 e. The van der Waals surface area contributed by atoms with Gasteiger partial charge in [-0.3, -0.25) is 4.79 Å². The molecule has 0 radical (unpaired) electrons. The van der Waals surface area contributed by atoms with E-state index in [1.807, 2.05) is 11.8 Å². The summed E-state index contributed by atoms with van der Waals surface area (Å²) >= 11 is 0. The van der Waals surface area contributed by atoms with Gasteiger partial charge in [0, 0.05) is 37.7 Å². The summed E-state index contributed by atoms with van der Waals surface area (Å²) < 4.78 is 0. The molecule has 1 aliphatic rings. The number of carbonyl (C=O) groups is 1. The van der Waals surface area contributed by atoms with Crippen LogP contribution >= 0.6 is 0 Å². The third kappa shape index (κ3) is 3.63. The molecule has 3 N–H and O–H groups in total. The zero-order valence-electron chi connectivity index (χ0n) is 11.8. The van der Waals surface area contributed by atoms with Crippen LogP contribution in [-0.4, -0.2) is 40.7 Å². The van der Waals surface area contributed by atoms with E-state index < -0.39 is 0 Å². The van der Waals surface area contributed by atoms with Crippen LogP contribution in [0.1, 0.15) is 37.8 Å². The van der Waals surface area contributed by atoms with Crippen LogP contribution in [0.25, 0.3) is 0 Å². The highest BCUT2D eigenvalue weighted by atomic mass is 16.3. The van der Waals surface area contributed by atoms with Crippen LogP contribution in [0.4, 0.5) is 0 Å². The van der Waals surface area contributed by atoms with E-state index in [-0.39, 0.29) is 23.4 Å². The zero-order chi connectivity index (χ0) is 14.5. The average Bonchev–Trinajstić information content (AvgIpc) is 2.95. The van der Waals surface area contributed by atoms with Gasteiger partial charge in [0.1, 0.15) is 11.5 Å². The first-order chi connectivity index (χ1) is 9.58. The van der Waals surface area contributed by atoms with E-state index >= 15 is 0 Å². The summed E-state index contributed by atoms with van der Waals surface area (Å²) in [6.45, 7) is 4.21. The Balaban J connectivity index is 1.81. The lowest BCUT2D eigenvalue weighted by molar-refractivity contribution is -0.130. The number of carbonyl (C=O) groups excluding carboxylic acids is 1. The second kappa shape index (κ2) is 6.61. The molecule has 1 aromatic rings. The average molecular weight is 278 g/mol. The number of nitrogens with zero attached hydrogens (tertiary/aromatic N) is 1. The Morgan fingerprint density at radius 2 is 2.05 bits per heavy atom. The van der Waals surface area contributed by atoms with Crippen molar-refractivity contribution in [1.82, 2.24) is 10.2 Å². The molecule has 0 aliphatic carbocycles. The van der Waals surface area contributed by atoms with Gasteiger partial charge in [-0.2, -0.15) is 0 Å². The van der Waals surface area contributed by atoms with E-state index in [2.05, 4.69) is 5.32 Å². The van der Waals surface area contributed by atoms with Gasteiger partial charge in [0.05, 0.1) is 0 Å². The van der Waals surface area contributed by atoms with Gasteiger partial charge in [0.15, 0.2) is 0 Å². The van der Waals surface area contributed by atoms with Crippen molar-refractivity contribution in [3.05, 3.63) is 23.8 Å². The number of benzene rings is 1. The summed E-state index contributed by atoms with van der Waals surface area (Å²) in [7, 11) is 0. The molecule has 0 bridgehead atoms. The maximum Gasteiger partial charge on any atom is 0.223 e. The fraction of sp³-hybridized carbons (Fsp3) is 0.533. The molecule has 1 unspecified atom stereocenters. The molecule has 0 aromatic heterocycles. The van der Waals surface area contributed by atoms with Crippen molar-refractivity contribution in [3.8, 4) is 11.5 Å². The van der Waals surface area contributed by atoms with Crippen molar-refractivity contribution < 1.29 is 15.0 Å². The third-order valence-electron chi connectivity index (χ3n) is 3.73. The molecule has 2 rings (SSSR count). The normalized spacial score (nSPS) is 16.4. The lowest BCUT2D eigenvalue weighted by atomic mass is 10.1. The molecule has 1 aromatic carbocycles. The highest BCUT2D eigenvalue weighted by Crippen LogP contribution is 2.27. The number of phenols is 2. The Kier molecular flexibility index (Phi) is 4.84. The third-order valence-corrected chi connectivity index (χ3v) is 3.73. The van der Waals surface area contributed by atoms with Crippen LogP contribution in [0.5, 0.6) is 11.5 Å². The van der Waals surface area contributed by atoms with Crippen LogP contribution in [0.15, 0.2) is 18.2 Å². The lowest BCUT2D eigenvalue weighted by Crippen LogP contribution is -2.31. The second-order valence-corrected chi connectivity index (χ2v) is 5.26. The van der Waals surface area contributed by atoms with Crippen LogP contribution in [0.3, 0.4) is 0 Å².